The van der Waals surface area contributed by atoms with Crippen molar-refractivity contribution in [1.29, 1.82) is 0 Å². The zero-order valence-electron chi connectivity index (χ0n) is 14.3. The number of hydrogen-bond donors (Lipinski definition) is 1. The molecular formula is C20H14BrF3O3. The SMILES string of the molecule is COC(=O)c1cc(O)c2cc(C)c(Br)cc2c1-c1ccc(C(F)(F)F)cc1. The van der Waals surface area contributed by atoms with E-state index in [9.17, 15) is 23.1 Å². The maximum atomic E-state index is 12.9. The fourth-order valence-corrected chi connectivity index (χ4v) is 3.28. The van der Waals surface area contributed by atoms with E-state index >= 15 is 0 Å². The second-order valence-electron chi connectivity index (χ2n) is 6.03. The lowest BCUT2D eigenvalue weighted by Gasteiger charge is -2.16. The summed E-state index contributed by atoms with van der Waals surface area (Å²) in [5, 5.41) is 11.4. The minimum Gasteiger partial charge on any atom is -0.507 e. The number of fused-ring (bicyclic) bond motifs is 1. The Balaban J connectivity index is 2.36. The summed E-state index contributed by atoms with van der Waals surface area (Å²) in [6.07, 6.45) is -4.46. The summed E-state index contributed by atoms with van der Waals surface area (Å²) >= 11 is 3.42. The molecule has 27 heavy (non-hydrogen) atoms. The minimum absolute atomic E-state index is 0.0676. The van der Waals surface area contributed by atoms with Gasteiger partial charge in [-0.2, -0.15) is 13.2 Å². The highest BCUT2D eigenvalue weighted by Gasteiger charge is 2.30. The molecule has 0 saturated carbocycles. The van der Waals surface area contributed by atoms with Crippen molar-refractivity contribution in [3.8, 4) is 16.9 Å². The fourth-order valence-electron chi connectivity index (χ4n) is 2.94. The number of benzene rings is 3. The first-order chi connectivity index (χ1) is 12.6. The number of phenolic OH excluding ortho intramolecular Hbond substituents is 1. The quantitative estimate of drug-likeness (QED) is 0.492. The molecule has 0 unspecified atom stereocenters. The van der Waals surface area contributed by atoms with Gasteiger partial charge in [-0.05, 0) is 53.8 Å². The third-order valence-electron chi connectivity index (χ3n) is 4.30. The van der Waals surface area contributed by atoms with Gasteiger partial charge in [-0.25, -0.2) is 4.79 Å². The topological polar surface area (TPSA) is 46.5 Å². The number of rotatable bonds is 2. The van der Waals surface area contributed by atoms with Crippen molar-refractivity contribution in [2.24, 2.45) is 0 Å². The van der Waals surface area contributed by atoms with E-state index in [1.54, 1.807) is 12.1 Å². The molecule has 140 valence electrons. The molecule has 0 aliphatic rings. The van der Waals surface area contributed by atoms with Gasteiger partial charge in [0.25, 0.3) is 0 Å². The van der Waals surface area contributed by atoms with Crippen molar-refractivity contribution in [3.05, 3.63) is 63.6 Å². The van der Waals surface area contributed by atoms with E-state index in [4.69, 9.17) is 4.74 Å². The summed E-state index contributed by atoms with van der Waals surface area (Å²) in [5.41, 5.74) is 0.944. The third-order valence-corrected chi connectivity index (χ3v) is 5.16. The molecule has 0 heterocycles. The molecule has 0 aromatic heterocycles. The lowest BCUT2D eigenvalue weighted by Crippen LogP contribution is -2.06. The van der Waals surface area contributed by atoms with Gasteiger partial charge in [-0.15, -0.1) is 0 Å². The Morgan fingerprint density at radius 1 is 1.07 bits per heavy atom. The minimum atomic E-state index is -4.46. The molecule has 0 radical (unpaired) electrons. The van der Waals surface area contributed by atoms with Crippen molar-refractivity contribution < 1.29 is 27.8 Å². The predicted molar refractivity (Wildman–Crippen MR) is 99.8 cm³/mol. The van der Waals surface area contributed by atoms with Crippen LogP contribution >= 0.6 is 15.9 Å². The number of esters is 1. The van der Waals surface area contributed by atoms with Crippen LogP contribution in [0.15, 0.2) is 46.9 Å². The van der Waals surface area contributed by atoms with Crippen molar-refractivity contribution in [1.82, 2.24) is 0 Å². The van der Waals surface area contributed by atoms with Gasteiger partial charge >= 0.3 is 12.1 Å². The van der Waals surface area contributed by atoms with Gasteiger partial charge in [-0.1, -0.05) is 28.1 Å². The van der Waals surface area contributed by atoms with E-state index in [0.717, 1.165) is 22.2 Å². The summed E-state index contributed by atoms with van der Waals surface area (Å²) in [7, 11) is 1.20. The second-order valence-corrected chi connectivity index (χ2v) is 6.89. The largest absolute Gasteiger partial charge is 0.507 e. The van der Waals surface area contributed by atoms with Crippen molar-refractivity contribution in [3.63, 3.8) is 0 Å². The number of halogens is 4. The molecule has 0 saturated heterocycles. The molecule has 0 aliphatic heterocycles. The molecule has 0 spiro atoms. The van der Waals surface area contributed by atoms with Crippen LogP contribution < -0.4 is 0 Å². The van der Waals surface area contributed by atoms with E-state index in [1.807, 2.05) is 6.92 Å². The number of hydrogen-bond acceptors (Lipinski definition) is 3. The normalized spacial score (nSPS) is 11.6. The van der Waals surface area contributed by atoms with Gasteiger partial charge < -0.3 is 9.84 Å². The monoisotopic (exact) mass is 438 g/mol. The number of carbonyl (C=O) groups excluding carboxylic acids is 1. The van der Waals surface area contributed by atoms with Gasteiger partial charge in [0.05, 0.1) is 18.2 Å². The Bertz CT molecular complexity index is 1040. The first-order valence-electron chi connectivity index (χ1n) is 7.85. The number of ether oxygens (including phenoxy) is 1. The van der Waals surface area contributed by atoms with Crippen molar-refractivity contribution in [2.75, 3.05) is 7.11 Å². The maximum absolute atomic E-state index is 12.9. The van der Waals surface area contributed by atoms with Crippen molar-refractivity contribution >= 4 is 32.7 Å². The van der Waals surface area contributed by atoms with Gasteiger partial charge in [-0.3, -0.25) is 0 Å². The predicted octanol–water partition coefficient (Wildman–Crippen LogP) is 6.09. The second kappa shape index (κ2) is 6.88. The average molecular weight is 439 g/mol. The molecule has 3 rings (SSSR count). The van der Waals surface area contributed by atoms with Crippen LogP contribution in [0.5, 0.6) is 5.75 Å². The first-order valence-corrected chi connectivity index (χ1v) is 8.64. The highest BCUT2D eigenvalue weighted by atomic mass is 79.9. The number of aryl methyl sites for hydroxylation is 1. The molecule has 0 fully saturated rings. The van der Waals surface area contributed by atoms with E-state index in [-0.39, 0.29) is 11.3 Å². The number of carbonyl (C=O) groups is 1. The van der Waals surface area contributed by atoms with Crippen LogP contribution in [0.1, 0.15) is 21.5 Å². The Hall–Kier alpha value is -2.54. The summed E-state index contributed by atoms with van der Waals surface area (Å²) in [6.45, 7) is 1.84. The summed E-state index contributed by atoms with van der Waals surface area (Å²) in [4.78, 5) is 12.3. The lowest BCUT2D eigenvalue weighted by molar-refractivity contribution is -0.137. The van der Waals surface area contributed by atoms with Gasteiger partial charge in [0.15, 0.2) is 0 Å². The smallest absolute Gasteiger partial charge is 0.416 e. The molecular weight excluding hydrogens is 425 g/mol. The molecule has 1 N–H and O–H groups in total. The number of aromatic hydroxyl groups is 1. The standard InChI is InChI=1S/C20H14BrF3O3/c1-10-7-13-14(8-16(10)21)18(15(9-17(13)25)19(26)27-2)11-3-5-12(6-4-11)20(22,23)24/h3-9,25H,1-2H3. The molecule has 0 bridgehead atoms. The third kappa shape index (κ3) is 3.51. The Kier molecular flexibility index (Phi) is 4.90. The van der Waals surface area contributed by atoms with E-state index in [0.29, 0.717) is 21.9 Å². The zero-order chi connectivity index (χ0) is 19.9. The van der Waals surface area contributed by atoms with Crippen molar-refractivity contribution in [2.45, 2.75) is 13.1 Å². The number of methoxy groups -OCH3 is 1. The molecule has 0 atom stereocenters. The van der Waals surface area contributed by atoms with Crippen LogP contribution in [0.3, 0.4) is 0 Å². The highest BCUT2D eigenvalue weighted by molar-refractivity contribution is 9.10. The summed E-state index contributed by atoms with van der Waals surface area (Å²) in [6, 6.07) is 9.25. The molecule has 0 amide bonds. The Labute approximate surface area is 161 Å². The first kappa shape index (κ1) is 19.2. The fraction of sp³-hybridized carbons (Fsp3) is 0.150. The van der Waals surface area contributed by atoms with Gasteiger partial charge in [0.2, 0.25) is 0 Å². The molecule has 7 heteroatoms. The summed E-state index contributed by atoms with van der Waals surface area (Å²) < 4.78 is 44.2. The molecule has 3 aromatic rings. The molecule has 0 aliphatic carbocycles. The molecule has 3 aromatic carbocycles. The average Bonchev–Trinajstić information content (AvgIpc) is 2.62. The van der Waals surface area contributed by atoms with Crippen LogP contribution in [0.4, 0.5) is 13.2 Å². The Morgan fingerprint density at radius 2 is 1.70 bits per heavy atom. The van der Waals surface area contributed by atoms with Gasteiger partial charge in [0.1, 0.15) is 5.75 Å². The van der Waals surface area contributed by atoms with Crippen LogP contribution in [0.25, 0.3) is 21.9 Å². The van der Waals surface area contributed by atoms with Crippen LogP contribution in [-0.2, 0) is 10.9 Å². The zero-order valence-corrected chi connectivity index (χ0v) is 15.9. The summed E-state index contributed by atoms with van der Waals surface area (Å²) in [5.74, 6) is -0.810. The van der Waals surface area contributed by atoms with E-state index < -0.39 is 17.7 Å². The van der Waals surface area contributed by atoms with Crippen LogP contribution in [0.2, 0.25) is 0 Å². The molecule has 3 nitrogen and oxygen atoms in total. The number of phenols is 1. The van der Waals surface area contributed by atoms with E-state index in [1.165, 1.54) is 25.3 Å². The lowest BCUT2D eigenvalue weighted by atomic mass is 9.91. The maximum Gasteiger partial charge on any atom is 0.416 e. The van der Waals surface area contributed by atoms with Crippen LogP contribution in [0, 0.1) is 6.92 Å². The highest BCUT2D eigenvalue weighted by Crippen LogP contribution is 2.41. The van der Waals surface area contributed by atoms with Crippen LogP contribution in [-0.4, -0.2) is 18.2 Å². The van der Waals surface area contributed by atoms with Gasteiger partial charge in [0, 0.05) is 15.4 Å². The Morgan fingerprint density at radius 3 is 2.26 bits per heavy atom. The number of alkyl halides is 3. The van der Waals surface area contributed by atoms with E-state index in [2.05, 4.69) is 15.9 Å².